The van der Waals surface area contributed by atoms with E-state index in [1.807, 2.05) is 36.4 Å². The number of benzene rings is 3. The molecule has 1 saturated carbocycles. The van der Waals surface area contributed by atoms with E-state index in [4.69, 9.17) is 0 Å². The van der Waals surface area contributed by atoms with Crippen molar-refractivity contribution in [2.45, 2.75) is 51.6 Å². The van der Waals surface area contributed by atoms with Gasteiger partial charge in [0.25, 0.3) is 5.91 Å². The Morgan fingerprint density at radius 1 is 0.879 bits per heavy atom. The molecule has 1 N–H and O–H groups in total. The summed E-state index contributed by atoms with van der Waals surface area (Å²) >= 11 is 0. The summed E-state index contributed by atoms with van der Waals surface area (Å²) in [5.74, 6) is -0.0787. The molecule has 33 heavy (non-hydrogen) atoms. The second kappa shape index (κ2) is 11.0. The van der Waals surface area contributed by atoms with Crippen LogP contribution in [0.15, 0.2) is 72.8 Å². The molecule has 0 bridgehead atoms. The predicted molar refractivity (Wildman–Crippen MR) is 134 cm³/mol. The van der Waals surface area contributed by atoms with Gasteiger partial charge in [-0.15, -0.1) is 0 Å². The van der Waals surface area contributed by atoms with E-state index >= 15 is 0 Å². The fourth-order valence-electron chi connectivity index (χ4n) is 4.86. The van der Waals surface area contributed by atoms with E-state index in [9.17, 15) is 4.79 Å². The number of halogens is 1. The monoisotopic (exact) mass is 462 g/mol. The molecular formula is C29H35ClN2O. The van der Waals surface area contributed by atoms with E-state index in [0.29, 0.717) is 5.56 Å². The second-order valence-corrected chi connectivity index (χ2v) is 9.83. The number of nitrogens with zero attached hydrogens (tertiary/aromatic N) is 1. The molecule has 0 aliphatic heterocycles. The Labute approximate surface area is 204 Å². The van der Waals surface area contributed by atoms with E-state index in [2.05, 4.69) is 62.7 Å². The van der Waals surface area contributed by atoms with Crippen molar-refractivity contribution in [3.63, 3.8) is 0 Å². The van der Waals surface area contributed by atoms with Gasteiger partial charge < -0.3 is 22.2 Å². The molecule has 0 radical (unpaired) electrons. The number of nitrogens with one attached hydrogen (secondary N) is 1. The van der Waals surface area contributed by atoms with Crippen molar-refractivity contribution in [1.29, 1.82) is 0 Å². The van der Waals surface area contributed by atoms with Gasteiger partial charge in [-0.2, -0.15) is 0 Å². The van der Waals surface area contributed by atoms with Gasteiger partial charge >= 0.3 is 0 Å². The lowest BCUT2D eigenvalue weighted by Gasteiger charge is -2.40. The van der Waals surface area contributed by atoms with Gasteiger partial charge in [-0.05, 0) is 68.0 Å². The van der Waals surface area contributed by atoms with Crippen molar-refractivity contribution < 1.29 is 21.7 Å². The zero-order valence-electron chi connectivity index (χ0n) is 20.0. The van der Waals surface area contributed by atoms with Crippen molar-refractivity contribution in [3.8, 4) is 11.1 Å². The van der Waals surface area contributed by atoms with Crippen LogP contribution in [-0.2, 0) is 6.54 Å². The van der Waals surface area contributed by atoms with Crippen LogP contribution in [0.3, 0.4) is 0 Å². The molecule has 1 aliphatic rings. The first kappa shape index (κ1) is 25.0. The van der Waals surface area contributed by atoms with Gasteiger partial charge in [0, 0.05) is 16.8 Å². The molecule has 0 aromatic heterocycles. The molecule has 4 heteroatoms. The average Bonchev–Trinajstić information content (AvgIpc) is 2.81. The zero-order valence-corrected chi connectivity index (χ0v) is 20.7. The van der Waals surface area contributed by atoms with E-state index in [-0.39, 0.29) is 18.3 Å². The zero-order chi connectivity index (χ0) is 22.6. The third kappa shape index (κ3) is 6.46. The lowest BCUT2D eigenvalue weighted by molar-refractivity contribution is -0.929. The van der Waals surface area contributed by atoms with Crippen molar-refractivity contribution in [1.82, 2.24) is 0 Å². The summed E-state index contributed by atoms with van der Waals surface area (Å²) in [6, 6.07) is 25.3. The molecule has 0 heterocycles. The average molecular weight is 463 g/mol. The van der Waals surface area contributed by atoms with Crippen LogP contribution in [-0.4, -0.2) is 30.5 Å². The van der Waals surface area contributed by atoms with E-state index in [0.717, 1.165) is 33.9 Å². The molecule has 1 fully saturated rings. The van der Waals surface area contributed by atoms with Crippen LogP contribution in [0.2, 0.25) is 0 Å². The fourth-order valence-corrected chi connectivity index (χ4v) is 4.86. The number of quaternary nitrogens is 1. The van der Waals surface area contributed by atoms with Crippen LogP contribution in [0.4, 0.5) is 5.69 Å². The van der Waals surface area contributed by atoms with Crippen LogP contribution in [0.5, 0.6) is 0 Å². The van der Waals surface area contributed by atoms with Crippen LogP contribution >= 0.6 is 0 Å². The second-order valence-electron chi connectivity index (χ2n) is 9.83. The molecule has 1 amide bonds. The van der Waals surface area contributed by atoms with E-state index in [1.54, 1.807) is 0 Å². The summed E-state index contributed by atoms with van der Waals surface area (Å²) in [6.45, 7) is 3.10. The quantitative estimate of drug-likeness (QED) is 0.554. The highest BCUT2D eigenvalue weighted by atomic mass is 35.5. The molecule has 3 aromatic carbocycles. The van der Waals surface area contributed by atoms with Crippen molar-refractivity contribution in [2.75, 3.05) is 19.4 Å². The maximum absolute atomic E-state index is 12.9. The Kier molecular flexibility index (Phi) is 8.34. The first-order valence-electron chi connectivity index (χ1n) is 11.8. The minimum absolute atomic E-state index is 0. The Morgan fingerprint density at radius 3 is 2.21 bits per heavy atom. The van der Waals surface area contributed by atoms with Gasteiger partial charge in [0.2, 0.25) is 0 Å². The number of hydrogen-bond acceptors (Lipinski definition) is 1. The van der Waals surface area contributed by atoms with Crippen LogP contribution in [0.25, 0.3) is 11.1 Å². The lowest BCUT2D eigenvalue weighted by Crippen LogP contribution is -3.00. The minimum atomic E-state index is -0.0787. The number of carbonyl (C=O) groups excluding carboxylic acids is 1. The molecule has 0 atom stereocenters. The van der Waals surface area contributed by atoms with Crippen LogP contribution in [0, 0.1) is 6.92 Å². The van der Waals surface area contributed by atoms with Crippen molar-refractivity contribution in [2.24, 2.45) is 0 Å². The van der Waals surface area contributed by atoms with Gasteiger partial charge in [0.05, 0.1) is 20.1 Å². The van der Waals surface area contributed by atoms with E-state index in [1.165, 1.54) is 43.2 Å². The molecule has 0 unspecified atom stereocenters. The molecule has 174 valence electrons. The van der Waals surface area contributed by atoms with Gasteiger partial charge in [0.1, 0.15) is 6.54 Å². The van der Waals surface area contributed by atoms with Crippen LogP contribution in [0.1, 0.15) is 53.6 Å². The maximum Gasteiger partial charge on any atom is 0.255 e. The highest BCUT2D eigenvalue weighted by Crippen LogP contribution is 2.28. The number of anilines is 1. The lowest BCUT2D eigenvalue weighted by atomic mass is 9.92. The molecule has 3 nitrogen and oxygen atoms in total. The highest BCUT2D eigenvalue weighted by molar-refractivity contribution is 6.04. The maximum atomic E-state index is 12.9. The minimum Gasteiger partial charge on any atom is -1.00 e. The van der Waals surface area contributed by atoms with E-state index < -0.39 is 0 Å². The largest absolute Gasteiger partial charge is 1.00 e. The number of amides is 1. The Balaban J connectivity index is 0.00000306. The van der Waals surface area contributed by atoms with Crippen molar-refractivity contribution in [3.05, 3.63) is 89.5 Å². The molecule has 4 rings (SSSR count). The fraction of sp³-hybridized carbons (Fsp3) is 0.345. The van der Waals surface area contributed by atoms with Crippen LogP contribution < -0.4 is 17.7 Å². The number of aryl methyl sites for hydroxylation is 1. The number of carbonyl (C=O) groups is 1. The first-order valence-corrected chi connectivity index (χ1v) is 11.8. The summed E-state index contributed by atoms with van der Waals surface area (Å²) < 4.78 is 1.04. The molecular weight excluding hydrogens is 428 g/mol. The summed E-state index contributed by atoms with van der Waals surface area (Å²) in [4.78, 5) is 12.9. The normalized spacial score (nSPS) is 14.4. The van der Waals surface area contributed by atoms with Gasteiger partial charge in [-0.1, -0.05) is 60.5 Å². The summed E-state index contributed by atoms with van der Waals surface area (Å²) in [6.07, 6.45) is 6.79. The standard InChI is InChI=1S/C29H34N2O.ClH/c1-22-12-16-24(17-13-22)25-8-7-9-26(20-25)29(32)30-27-18-14-23(15-19-27)21-31(2,3)28-10-5-4-6-11-28;/h7-9,12-20,28H,4-6,10-11,21H2,1-3H3;1H. The Morgan fingerprint density at radius 2 is 1.55 bits per heavy atom. The molecule has 0 saturated heterocycles. The molecule has 0 spiro atoms. The Bertz CT molecular complexity index is 1050. The topological polar surface area (TPSA) is 29.1 Å². The SMILES string of the molecule is Cc1ccc(-c2cccc(C(=O)Nc3ccc(C[N+](C)(C)C4CCCCC4)cc3)c2)cc1.[Cl-]. The summed E-state index contributed by atoms with van der Waals surface area (Å²) in [5.41, 5.74) is 6.22. The predicted octanol–water partition coefficient (Wildman–Crippen LogP) is 3.83. The van der Waals surface area contributed by atoms with Crippen molar-refractivity contribution >= 4 is 11.6 Å². The molecule has 3 aromatic rings. The third-order valence-electron chi connectivity index (χ3n) is 6.87. The number of rotatable bonds is 6. The Hall–Kier alpha value is -2.62. The first-order chi connectivity index (χ1) is 15.4. The van der Waals surface area contributed by atoms with Gasteiger partial charge in [-0.25, -0.2) is 0 Å². The summed E-state index contributed by atoms with van der Waals surface area (Å²) in [5, 5.41) is 3.06. The highest BCUT2D eigenvalue weighted by Gasteiger charge is 2.29. The number of hydrogen-bond donors (Lipinski definition) is 1. The summed E-state index contributed by atoms with van der Waals surface area (Å²) in [7, 11) is 4.71. The smallest absolute Gasteiger partial charge is 0.255 e. The van der Waals surface area contributed by atoms with Gasteiger partial charge in [-0.3, -0.25) is 4.79 Å². The third-order valence-corrected chi connectivity index (χ3v) is 6.87. The van der Waals surface area contributed by atoms with Gasteiger partial charge in [0.15, 0.2) is 0 Å². The molecule has 1 aliphatic carbocycles.